The lowest BCUT2D eigenvalue weighted by atomic mass is 9.94. The fourth-order valence-corrected chi connectivity index (χ4v) is 4.47. The monoisotopic (exact) mass is 423 g/mol. The van der Waals surface area contributed by atoms with Crippen LogP contribution >= 0.6 is 0 Å². The van der Waals surface area contributed by atoms with Crippen LogP contribution in [0.1, 0.15) is 34.9 Å². The molecule has 0 spiro atoms. The standard InChI is InChI=1S/C21H21N5O3S/c1-30(28,29)18-13-24-20(15-7-10-22-11-8-15)25-19(18)16-5-4-12-26(14-16)21(27)17-6-2-3-9-23-17/h2-3,6-11,13,16H,4-5,12,14H2,1H3. The van der Waals surface area contributed by atoms with Crippen molar-refractivity contribution in [3.63, 3.8) is 0 Å². The van der Waals surface area contributed by atoms with Crippen LogP contribution in [0.2, 0.25) is 0 Å². The summed E-state index contributed by atoms with van der Waals surface area (Å²) in [7, 11) is -3.52. The third-order valence-electron chi connectivity index (χ3n) is 5.10. The third-order valence-corrected chi connectivity index (χ3v) is 6.21. The van der Waals surface area contributed by atoms with Gasteiger partial charge in [0, 0.05) is 55.6 Å². The van der Waals surface area contributed by atoms with Gasteiger partial charge in [-0.05, 0) is 37.1 Å². The second kappa shape index (κ2) is 8.27. The third kappa shape index (κ3) is 4.20. The van der Waals surface area contributed by atoms with Crippen LogP contribution in [-0.4, -0.2) is 58.5 Å². The van der Waals surface area contributed by atoms with Gasteiger partial charge in [0.15, 0.2) is 15.7 Å². The number of nitrogens with zero attached hydrogens (tertiary/aromatic N) is 5. The highest BCUT2D eigenvalue weighted by Crippen LogP contribution is 2.31. The topological polar surface area (TPSA) is 106 Å². The van der Waals surface area contributed by atoms with E-state index in [1.54, 1.807) is 53.8 Å². The van der Waals surface area contributed by atoms with Crippen LogP contribution in [0.4, 0.5) is 0 Å². The zero-order chi connectivity index (χ0) is 21.1. The molecule has 0 bridgehead atoms. The van der Waals surface area contributed by atoms with Crippen molar-refractivity contribution in [3.05, 3.63) is 66.5 Å². The molecule has 9 heteroatoms. The second-order valence-corrected chi connectivity index (χ2v) is 9.24. The van der Waals surface area contributed by atoms with E-state index in [2.05, 4.69) is 19.9 Å². The molecule has 30 heavy (non-hydrogen) atoms. The van der Waals surface area contributed by atoms with E-state index in [0.29, 0.717) is 30.3 Å². The molecule has 1 atom stereocenters. The summed E-state index contributed by atoms with van der Waals surface area (Å²) in [4.78, 5) is 31.7. The Bertz CT molecular complexity index is 1150. The van der Waals surface area contributed by atoms with Gasteiger partial charge in [-0.1, -0.05) is 6.07 Å². The van der Waals surface area contributed by atoms with Crippen LogP contribution in [0.3, 0.4) is 0 Å². The van der Waals surface area contributed by atoms with Gasteiger partial charge in [0.1, 0.15) is 10.6 Å². The number of hydrogen-bond acceptors (Lipinski definition) is 7. The summed E-state index contributed by atoms with van der Waals surface area (Å²) in [6, 6.07) is 8.76. The van der Waals surface area contributed by atoms with E-state index in [1.165, 1.54) is 6.20 Å². The molecule has 0 saturated carbocycles. The fraction of sp³-hybridized carbons (Fsp3) is 0.286. The zero-order valence-electron chi connectivity index (χ0n) is 16.5. The van der Waals surface area contributed by atoms with Gasteiger partial charge in [0.25, 0.3) is 5.91 Å². The molecule has 1 saturated heterocycles. The average Bonchev–Trinajstić information content (AvgIpc) is 2.79. The lowest BCUT2D eigenvalue weighted by Gasteiger charge is -2.33. The van der Waals surface area contributed by atoms with Gasteiger partial charge >= 0.3 is 0 Å². The number of rotatable bonds is 4. The summed E-state index contributed by atoms with van der Waals surface area (Å²) in [5.41, 5.74) is 1.59. The summed E-state index contributed by atoms with van der Waals surface area (Å²) >= 11 is 0. The Morgan fingerprint density at radius 2 is 1.90 bits per heavy atom. The average molecular weight is 423 g/mol. The Balaban J connectivity index is 1.70. The maximum absolute atomic E-state index is 12.9. The number of amides is 1. The van der Waals surface area contributed by atoms with Gasteiger partial charge in [-0.15, -0.1) is 0 Å². The number of sulfone groups is 1. The molecule has 0 aliphatic carbocycles. The highest BCUT2D eigenvalue weighted by molar-refractivity contribution is 7.90. The van der Waals surface area contributed by atoms with Gasteiger partial charge in [0.2, 0.25) is 0 Å². The van der Waals surface area contributed by atoms with Crippen molar-refractivity contribution in [1.29, 1.82) is 0 Å². The highest BCUT2D eigenvalue weighted by Gasteiger charge is 2.31. The quantitative estimate of drug-likeness (QED) is 0.634. The van der Waals surface area contributed by atoms with Crippen molar-refractivity contribution in [3.8, 4) is 11.4 Å². The van der Waals surface area contributed by atoms with Crippen LogP contribution < -0.4 is 0 Å². The van der Waals surface area contributed by atoms with Crippen LogP contribution in [0.5, 0.6) is 0 Å². The number of carbonyl (C=O) groups excluding carboxylic acids is 1. The Morgan fingerprint density at radius 3 is 2.60 bits per heavy atom. The maximum atomic E-state index is 12.9. The summed E-state index contributed by atoms with van der Waals surface area (Å²) < 4.78 is 24.8. The molecule has 1 amide bonds. The Morgan fingerprint density at radius 1 is 1.10 bits per heavy atom. The highest BCUT2D eigenvalue weighted by atomic mass is 32.2. The fourth-order valence-electron chi connectivity index (χ4n) is 3.64. The first-order valence-corrected chi connectivity index (χ1v) is 11.5. The Labute approximate surface area is 175 Å². The van der Waals surface area contributed by atoms with E-state index >= 15 is 0 Å². The van der Waals surface area contributed by atoms with Gasteiger partial charge < -0.3 is 4.90 Å². The molecular formula is C21H21N5O3S. The first kappa shape index (κ1) is 20.1. The molecule has 1 unspecified atom stereocenters. The second-order valence-electron chi connectivity index (χ2n) is 7.26. The van der Waals surface area contributed by atoms with Gasteiger partial charge in [0.05, 0.1) is 5.69 Å². The van der Waals surface area contributed by atoms with Crippen molar-refractivity contribution < 1.29 is 13.2 Å². The normalized spacial score (nSPS) is 17.0. The lowest BCUT2D eigenvalue weighted by Crippen LogP contribution is -2.40. The SMILES string of the molecule is CS(=O)(=O)c1cnc(-c2ccncc2)nc1C1CCCN(C(=O)c2ccccn2)C1. The first-order chi connectivity index (χ1) is 14.4. The zero-order valence-corrected chi connectivity index (χ0v) is 17.3. The van der Waals surface area contributed by atoms with Gasteiger partial charge in [-0.2, -0.15) is 0 Å². The maximum Gasteiger partial charge on any atom is 0.272 e. The molecule has 3 aromatic rings. The molecular weight excluding hydrogens is 402 g/mol. The van der Waals surface area contributed by atoms with Crippen molar-refractivity contribution in [1.82, 2.24) is 24.8 Å². The van der Waals surface area contributed by atoms with E-state index in [-0.39, 0.29) is 16.7 Å². The van der Waals surface area contributed by atoms with Crippen molar-refractivity contribution in [2.24, 2.45) is 0 Å². The predicted molar refractivity (Wildman–Crippen MR) is 110 cm³/mol. The van der Waals surface area contributed by atoms with Gasteiger partial charge in [-0.25, -0.2) is 18.4 Å². The summed E-state index contributed by atoms with van der Waals surface area (Å²) in [5.74, 6) is 0.0670. The number of piperidine rings is 1. The molecule has 4 heterocycles. The largest absolute Gasteiger partial charge is 0.337 e. The van der Waals surface area contributed by atoms with Crippen LogP contribution in [0.15, 0.2) is 60.0 Å². The molecule has 0 aromatic carbocycles. The molecule has 154 valence electrons. The van der Waals surface area contributed by atoms with Crippen LogP contribution in [0, 0.1) is 0 Å². The summed E-state index contributed by atoms with van der Waals surface area (Å²) in [6.07, 6.45) is 8.87. The minimum Gasteiger partial charge on any atom is -0.337 e. The smallest absolute Gasteiger partial charge is 0.272 e. The minimum atomic E-state index is -3.52. The number of hydrogen-bond donors (Lipinski definition) is 0. The molecule has 1 aliphatic heterocycles. The van der Waals surface area contributed by atoms with E-state index in [1.807, 2.05) is 0 Å². The Hall–Kier alpha value is -3.20. The summed E-state index contributed by atoms with van der Waals surface area (Å²) in [6.45, 7) is 0.979. The number of carbonyl (C=O) groups is 1. The summed E-state index contributed by atoms with van der Waals surface area (Å²) in [5, 5.41) is 0. The van der Waals surface area contributed by atoms with E-state index in [4.69, 9.17) is 0 Å². The molecule has 0 radical (unpaired) electrons. The number of aromatic nitrogens is 4. The molecule has 1 fully saturated rings. The first-order valence-electron chi connectivity index (χ1n) is 9.61. The van der Waals surface area contributed by atoms with E-state index in [0.717, 1.165) is 24.7 Å². The van der Waals surface area contributed by atoms with Crippen molar-refractivity contribution in [2.75, 3.05) is 19.3 Å². The molecule has 1 aliphatic rings. The number of pyridine rings is 2. The Kier molecular flexibility index (Phi) is 5.54. The van der Waals surface area contributed by atoms with Crippen molar-refractivity contribution in [2.45, 2.75) is 23.7 Å². The van der Waals surface area contributed by atoms with E-state index < -0.39 is 9.84 Å². The van der Waals surface area contributed by atoms with Crippen molar-refractivity contribution >= 4 is 15.7 Å². The van der Waals surface area contributed by atoms with Gasteiger partial charge in [-0.3, -0.25) is 14.8 Å². The van der Waals surface area contributed by atoms with Crippen LogP contribution in [-0.2, 0) is 9.84 Å². The number of likely N-dealkylation sites (tertiary alicyclic amines) is 1. The molecule has 8 nitrogen and oxygen atoms in total. The molecule has 4 rings (SSSR count). The minimum absolute atomic E-state index is 0.109. The lowest BCUT2D eigenvalue weighted by molar-refractivity contribution is 0.0699. The molecule has 0 N–H and O–H groups in total. The molecule has 3 aromatic heterocycles. The predicted octanol–water partition coefficient (Wildman–Crippen LogP) is 2.36. The van der Waals surface area contributed by atoms with E-state index in [9.17, 15) is 13.2 Å². The van der Waals surface area contributed by atoms with Crippen LogP contribution in [0.25, 0.3) is 11.4 Å².